The molecule has 0 saturated carbocycles. The topological polar surface area (TPSA) is 72.9 Å². The first-order valence-electron chi connectivity index (χ1n) is 6.97. The van der Waals surface area contributed by atoms with Crippen LogP contribution in [0, 0.1) is 6.92 Å². The minimum absolute atomic E-state index is 0.118. The van der Waals surface area contributed by atoms with Crippen LogP contribution >= 0.6 is 11.8 Å². The lowest BCUT2D eigenvalue weighted by molar-refractivity contribution is -0.122. The fourth-order valence-corrected chi connectivity index (χ4v) is 2.83. The van der Waals surface area contributed by atoms with Crippen LogP contribution in [-0.2, 0) is 18.4 Å². The van der Waals surface area contributed by atoms with Crippen molar-refractivity contribution in [3.05, 3.63) is 29.6 Å². The number of imidazole rings is 1. The molecule has 1 heterocycles. The van der Waals surface area contributed by atoms with Gasteiger partial charge in [0.25, 0.3) is 0 Å². The highest BCUT2D eigenvalue weighted by Crippen LogP contribution is 2.18. The average Bonchev–Trinajstić information content (AvgIpc) is 2.80. The minimum Gasteiger partial charge on any atom is -0.348 e. The molecule has 0 saturated heterocycles. The summed E-state index contributed by atoms with van der Waals surface area (Å²) in [6, 6.07) is 5.59. The van der Waals surface area contributed by atoms with Crippen LogP contribution in [0.2, 0.25) is 0 Å². The van der Waals surface area contributed by atoms with Crippen LogP contribution in [0.5, 0.6) is 0 Å². The van der Waals surface area contributed by atoms with E-state index in [1.54, 1.807) is 11.8 Å². The minimum atomic E-state index is -0.450. The maximum atomic E-state index is 11.9. The van der Waals surface area contributed by atoms with E-state index < -0.39 is 6.04 Å². The van der Waals surface area contributed by atoms with Crippen LogP contribution in [0.25, 0.3) is 11.0 Å². The number of amides is 1. The standard InChI is InChI=1S/C15H22N4OS/c1-10-5-4-6-12-14(10)19(2)13(18-12)9-17-15(20)11(16)7-8-21-3/h4-6,11H,7-9,16H2,1-3H3,(H,17,20). The Kier molecular flexibility index (Phi) is 5.25. The molecule has 1 aromatic carbocycles. The third-order valence-corrected chi connectivity index (χ3v) is 4.22. The summed E-state index contributed by atoms with van der Waals surface area (Å²) in [5.74, 6) is 1.61. The van der Waals surface area contributed by atoms with Crippen molar-refractivity contribution >= 4 is 28.7 Å². The molecular formula is C15H22N4OS. The van der Waals surface area contributed by atoms with Crippen molar-refractivity contribution in [2.24, 2.45) is 12.8 Å². The van der Waals surface area contributed by atoms with Gasteiger partial charge in [-0.2, -0.15) is 11.8 Å². The van der Waals surface area contributed by atoms with E-state index in [9.17, 15) is 4.79 Å². The lowest BCUT2D eigenvalue weighted by Crippen LogP contribution is -2.40. The molecule has 0 aliphatic carbocycles. The van der Waals surface area contributed by atoms with Crippen LogP contribution in [0.4, 0.5) is 0 Å². The highest BCUT2D eigenvalue weighted by Gasteiger charge is 2.14. The number of nitrogens with one attached hydrogen (secondary N) is 1. The van der Waals surface area contributed by atoms with E-state index in [0.717, 1.165) is 22.6 Å². The predicted molar refractivity (Wildman–Crippen MR) is 88.3 cm³/mol. The number of thioether (sulfide) groups is 1. The second kappa shape index (κ2) is 6.95. The zero-order valence-electron chi connectivity index (χ0n) is 12.7. The molecule has 0 aliphatic heterocycles. The fourth-order valence-electron chi connectivity index (χ4n) is 2.34. The number of rotatable bonds is 6. The predicted octanol–water partition coefficient (Wildman–Crippen LogP) is 1.58. The average molecular weight is 306 g/mol. The zero-order valence-corrected chi connectivity index (χ0v) is 13.5. The third-order valence-electron chi connectivity index (χ3n) is 3.58. The lowest BCUT2D eigenvalue weighted by atomic mass is 10.2. The lowest BCUT2D eigenvalue weighted by Gasteiger charge is -2.11. The van der Waals surface area contributed by atoms with E-state index in [1.165, 1.54) is 5.56 Å². The Labute approximate surface area is 129 Å². The van der Waals surface area contributed by atoms with E-state index in [-0.39, 0.29) is 5.91 Å². The highest BCUT2D eigenvalue weighted by atomic mass is 32.2. The number of para-hydroxylation sites is 1. The third kappa shape index (κ3) is 3.57. The van der Waals surface area contributed by atoms with Gasteiger partial charge in [-0.05, 0) is 37.0 Å². The Morgan fingerprint density at radius 1 is 1.52 bits per heavy atom. The number of aromatic nitrogens is 2. The summed E-state index contributed by atoms with van der Waals surface area (Å²) >= 11 is 1.69. The number of hydrogen-bond acceptors (Lipinski definition) is 4. The van der Waals surface area contributed by atoms with Gasteiger partial charge in [-0.1, -0.05) is 12.1 Å². The van der Waals surface area contributed by atoms with E-state index in [1.807, 2.05) is 30.0 Å². The maximum Gasteiger partial charge on any atom is 0.237 e. The Balaban J connectivity index is 2.05. The normalized spacial score (nSPS) is 12.6. The molecule has 1 atom stereocenters. The van der Waals surface area contributed by atoms with E-state index in [0.29, 0.717) is 13.0 Å². The van der Waals surface area contributed by atoms with Crippen molar-refractivity contribution in [2.45, 2.75) is 25.9 Å². The molecule has 1 unspecified atom stereocenters. The van der Waals surface area contributed by atoms with Gasteiger partial charge in [-0.3, -0.25) is 4.79 Å². The molecule has 0 fully saturated rings. The molecule has 0 aliphatic rings. The van der Waals surface area contributed by atoms with Crippen LogP contribution in [0.15, 0.2) is 18.2 Å². The number of carbonyl (C=O) groups excluding carboxylic acids is 1. The molecule has 2 aromatic rings. The molecule has 6 heteroatoms. The number of hydrogen-bond donors (Lipinski definition) is 2. The van der Waals surface area contributed by atoms with Crippen LogP contribution in [0.1, 0.15) is 17.8 Å². The highest BCUT2D eigenvalue weighted by molar-refractivity contribution is 7.98. The summed E-state index contributed by atoms with van der Waals surface area (Å²) in [7, 11) is 1.97. The van der Waals surface area contributed by atoms with Gasteiger partial charge in [0, 0.05) is 7.05 Å². The molecule has 21 heavy (non-hydrogen) atoms. The number of carbonyl (C=O) groups is 1. The SMILES string of the molecule is CSCCC(N)C(=O)NCc1nc2cccc(C)c2n1C. The van der Waals surface area contributed by atoms with Gasteiger partial charge < -0.3 is 15.6 Å². The van der Waals surface area contributed by atoms with Crippen LogP contribution in [0.3, 0.4) is 0 Å². The first-order valence-corrected chi connectivity index (χ1v) is 8.37. The molecule has 1 amide bonds. The summed E-state index contributed by atoms with van der Waals surface area (Å²) in [6.45, 7) is 2.46. The molecule has 114 valence electrons. The molecule has 0 spiro atoms. The largest absolute Gasteiger partial charge is 0.348 e. The number of nitrogens with zero attached hydrogens (tertiary/aromatic N) is 2. The monoisotopic (exact) mass is 306 g/mol. The summed E-state index contributed by atoms with van der Waals surface area (Å²) in [4.78, 5) is 16.5. The van der Waals surface area contributed by atoms with Gasteiger partial charge >= 0.3 is 0 Å². The summed E-state index contributed by atoms with van der Waals surface area (Å²) in [6.07, 6.45) is 2.70. The van der Waals surface area contributed by atoms with E-state index >= 15 is 0 Å². The molecule has 5 nitrogen and oxygen atoms in total. The van der Waals surface area contributed by atoms with Gasteiger partial charge in [-0.25, -0.2) is 4.98 Å². The Bertz CT molecular complexity index is 638. The molecule has 0 radical (unpaired) electrons. The smallest absolute Gasteiger partial charge is 0.237 e. The van der Waals surface area contributed by atoms with Gasteiger partial charge in [0.2, 0.25) is 5.91 Å². The van der Waals surface area contributed by atoms with Crippen molar-refractivity contribution in [1.29, 1.82) is 0 Å². The number of nitrogens with two attached hydrogens (primary N) is 1. The zero-order chi connectivity index (χ0) is 15.4. The Morgan fingerprint density at radius 2 is 2.29 bits per heavy atom. The molecular weight excluding hydrogens is 284 g/mol. The van der Waals surface area contributed by atoms with E-state index in [4.69, 9.17) is 5.73 Å². The molecule has 3 N–H and O–H groups in total. The molecule has 0 bridgehead atoms. The van der Waals surface area contributed by atoms with Crippen LogP contribution in [-0.4, -0.2) is 33.5 Å². The number of fused-ring (bicyclic) bond motifs is 1. The van der Waals surface area contributed by atoms with E-state index in [2.05, 4.69) is 23.3 Å². The van der Waals surface area contributed by atoms with Crippen molar-refractivity contribution < 1.29 is 4.79 Å². The van der Waals surface area contributed by atoms with Crippen molar-refractivity contribution in [3.8, 4) is 0 Å². The summed E-state index contributed by atoms with van der Waals surface area (Å²) in [5.41, 5.74) is 9.09. The van der Waals surface area contributed by atoms with Crippen molar-refractivity contribution in [3.63, 3.8) is 0 Å². The second-order valence-corrected chi connectivity index (χ2v) is 6.12. The number of benzene rings is 1. The fraction of sp³-hybridized carbons (Fsp3) is 0.467. The van der Waals surface area contributed by atoms with Crippen molar-refractivity contribution in [1.82, 2.24) is 14.9 Å². The molecule has 2 rings (SSSR count). The van der Waals surface area contributed by atoms with Gasteiger partial charge in [-0.15, -0.1) is 0 Å². The Morgan fingerprint density at radius 3 is 2.95 bits per heavy atom. The first-order chi connectivity index (χ1) is 10.0. The maximum absolute atomic E-state index is 11.9. The van der Waals surface area contributed by atoms with Gasteiger partial charge in [0.1, 0.15) is 5.82 Å². The van der Waals surface area contributed by atoms with Gasteiger partial charge in [0.05, 0.1) is 23.6 Å². The molecule has 1 aromatic heterocycles. The van der Waals surface area contributed by atoms with Gasteiger partial charge in [0.15, 0.2) is 0 Å². The first kappa shape index (κ1) is 15.9. The number of aryl methyl sites for hydroxylation is 2. The second-order valence-electron chi connectivity index (χ2n) is 5.14. The quantitative estimate of drug-likeness (QED) is 0.850. The summed E-state index contributed by atoms with van der Waals surface area (Å²) < 4.78 is 2.03. The van der Waals surface area contributed by atoms with Crippen molar-refractivity contribution in [2.75, 3.05) is 12.0 Å². The Hall–Kier alpha value is -1.53. The van der Waals surface area contributed by atoms with Crippen LogP contribution < -0.4 is 11.1 Å². The summed E-state index contributed by atoms with van der Waals surface area (Å²) in [5, 5.41) is 2.87.